The van der Waals surface area contributed by atoms with Crippen LogP contribution in [0.1, 0.15) is 17.5 Å². The number of para-hydroxylation sites is 1. The highest BCUT2D eigenvalue weighted by atomic mass is 19.1. The van der Waals surface area contributed by atoms with Crippen molar-refractivity contribution in [1.82, 2.24) is 0 Å². The zero-order valence-electron chi connectivity index (χ0n) is 18.6. The first-order valence-corrected chi connectivity index (χ1v) is 10.9. The molecular formula is C26H23F2NO6. The molecule has 2 N–H and O–H groups in total. The molecule has 0 spiro atoms. The number of benzene rings is 3. The van der Waals surface area contributed by atoms with Gasteiger partial charge < -0.3 is 19.7 Å². The molecule has 4 rings (SSSR count). The Morgan fingerprint density at radius 3 is 2.46 bits per heavy atom. The largest absolute Gasteiger partial charge is 0.482 e. The van der Waals surface area contributed by atoms with E-state index in [2.05, 4.69) is 0 Å². The van der Waals surface area contributed by atoms with Crippen LogP contribution < -0.4 is 9.64 Å². The maximum atomic E-state index is 14.5. The molecule has 0 fully saturated rings. The topological polar surface area (TPSA) is 96.3 Å². The van der Waals surface area contributed by atoms with Crippen LogP contribution in [0.5, 0.6) is 5.75 Å². The molecule has 0 unspecified atom stereocenters. The van der Waals surface area contributed by atoms with Gasteiger partial charge in [0.05, 0.1) is 11.4 Å². The average molecular weight is 483 g/mol. The molecule has 1 atom stereocenters. The van der Waals surface area contributed by atoms with Crippen LogP contribution in [0.3, 0.4) is 0 Å². The number of hydrogen-bond acceptors (Lipinski definition) is 5. The van der Waals surface area contributed by atoms with Crippen molar-refractivity contribution < 1.29 is 38.1 Å². The van der Waals surface area contributed by atoms with Gasteiger partial charge in [0.25, 0.3) is 0 Å². The molecule has 7 nitrogen and oxygen atoms in total. The van der Waals surface area contributed by atoms with Crippen molar-refractivity contribution in [3.05, 3.63) is 89.5 Å². The second-order valence-corrected chi connectivity index (χ2v) is 8.30. The van der Waals surface area contributed by atoms with Crippen molar-refractivity contribution in [3.63, 3.8) is 0 Å². The van der Waals surface area contributed by atoms with Gasteiger partial charge >= 0.3 is 12.1 Å². The Morgan fingerprint density at radius 1 is 1.00 bits per heavy atom. The first-order valence-electron chi connectivity index (χ1n) is 10.9. The molecule has 1 aliphatic carbocycles. The fourth-order valence-electron chi connectivity index (χ4n) is 4.09. The Morgan fingerprint density at radius 2 is 1.74 bits per heavy atom. The predicted molar refractivity (Wildman–Crippen MR) is 123 cm³/mol. The van der Waals surface area contributed by atoms with E-state index in [1.165, 1.54) is 30.3 Å². The normalized spacial score (nSPS) is 16.8. The molecule has 0 bridgehead atoms. The van der Waals surface area contributed by atoms with Crippen molar-refractivity contribution >= 4 is 23.4 Å². The summed E-state index contributed by atoms with van der Waals surface area (Å²) in [5.41, 5.74) is 0.275. The Labute approximate surface area is 200 Å². The van der Waals surface area contributed by atoms with E-state index in [4.69, 9.17) is 14.6 Å². The average Bonchev–Trinajstić information content (AvgIpc) is 2.83. The Balaban J connectivity index is 1.51. The second kappa shape index (κ2) is 10.1. The first kappa shape index (κ1) is 24.2. The maximum absolute atomic E-state index is 14.5. The molecule has 0 aliphatic heterocycles. The Bertz CT molecular complexity index is 1230. The number of carboxylic acid groups (broad SMARTS) is 1. The molecule has 0 radical (unpaired) electrons. The van der Waals surface area contributed by atoms with Crippen LogP contribution in [0.15, 0.2) is 66.7 Å². The van der Waals surface area contributed by atoms with Crippen LogP contribution in [0.4, 0.5) is 25.0 Å². The van der Waals surface area contributed by atoms with Crippen molar-refractivity contribution in [1.29, 1.82) is 0 Å². The summed E-state index contributed by atoms with van der Waals surface area (Å²) in [6.45, 7) is -0.842. The van der Waals surface area contributed by atoms with Gasteiger partial charge in [-0.3, -0.25) is 0 Å². The number of aliphatic hydroxyl groups is 1. The monoisotopic (exact) mass is 483 g/mol. The van der Waals surface area contributed by atoms with Crippen LogP contribution in [-0.4, -0.2) is 41.1 Å². The minimum atomic E-state index is -1.39. The zero-order valence-corrected chi connectivity index (χ0v) is 18.6. The summed E-state index contributed by atoms with van der Waals surface area (Å²) in [5, 5.41) is 20.0. The van der Waals surface area contributed by atoms with Gasteiger partial charge in [-0.1, -0.05) is 24.3 Å². The first-order chi connectivity index (χ1) is 16.8. The summed E-state index contributed by atoms with van der Waals surface area (Å²) in [4.78, 5) is 24.9. The Hall–Kier alpha value is -3.98. The molecule has 182 valence electrons. The highest BCUT2D eigenvalue weighted by Gasteiger charge is 2.36. The molecule has 1 aliphatic rings. The fraction of sp³-hybridized carbons (Fsp3) is 0.231. The number of ether oxygens (including phenoxy) is 2. The van der Waals surface area contributed by atoms with Crippen molar-refractivity contribution in [2.45, 2.75) is 24.9 Å². The number of aliphatic carboxylic acids is 1. The number of amides is 1. The number of anilines is 2. The molecule has 0 saturated heterocycles. The zero-order chi connectivity index (χ0) is 25.0. The summed E-state index contributed by atoms with van der Waals surface area (Å²) in [6.07, 6.45) is -0.166. The van der Waals surface area contributed by atoms with Gasteiger partial charge in [-0.05, 0) is 66.4 Å². The van der Waals surface area contributed by atoms with E-state index in [0.29, 0.717) is 12.2 Å². The van der Waals surface area contributed by atoms with Crippen LogP contribution in [0.2, 0.25) is 0 Å². The van der Waals surface area contributed by atoms with E-state index in [0.717, 1.165) is 28.2 Å². The SMILES string of the molecule is O=C(O)COc1cccc2c1CC[C@](O)(COC(=O)N(c1ccc(F)cc1)c1ccccc1F)C2. The molecule has 3 aromatic carbocycles. The van der Waals surface area contributed by atoms with E-state index < -0.39 is 35.9 Å². The summed E-state index contributed by atoms with van der Waals surface area (Å²) in [6, 6.07) is 15.7. The summed E-state index contributed by atoms with van der Waals surface area (Å²) >= 11 is 0. The number of rotatable bonds is 7. The van der Waals surface area contributed by atoms with Gasteiger partial charge in [0.2, 0.25) is 0 Å². The minimum Gasteiger partial charge on any atom is -0.482 e. The van der Waals surface area contributed by atoms with Crippen molar-refractivity contribution in [3.8, 4) is 5.75 Å². The third kappa shape index (κ3) is 5.58. The van der Waals surface area contributed by atoms with Crippen LogP contribution in [0.25, 0.3) is 0 Å². The van der Waals surface area contributed by atoms with Crippen LogP contribution in [0, 0.1) is 11.6 Å². The van der Waals surface area contributed by atoms with E-state index in [-0.39, 0.29) is 30.8 Å². The van der Waals surface area contributed by atoms with Crippen LogP contribution >= 0.6 is 0 Å². The van der Waals surface area contributed by atoms with Gasteiger partial charge in [0.1, 0.15) is 29.6 Å². The number of carboxylic acids is 1. The van der Waals surface area contributed by atoms with Gasteiger partial charge in [0, 0.05) is 6.42 Å². The number of nitrogens with zero attached hydrogens (tertiary/aromatic N) is 1. The maximum Gasteiger partial charge on any atom is 0.419 e. The molecule has 35 heavy (non-hydrogen) atoms. The lowest BCUT2D eigenvalue weighted by molar-refractivity contribution is -0.139. The van der Waals surface area contributed by atoms with Gasteiger partial charge in [-0.25, -0.2) is 23.3 Å². The minimum absolute atomic E-state index is 0.0784. The molecule has 0 aromatic heterocycles. The second-order valence-electron chi connectivity index (χ2n) is 8.30. The fourth-order valence-corrected chi connectivity index (χ4v) is 4.09. The van der Waals surface area contributed by atoms with E-state index in [1.54, 1.807) is 24.3 Å². The lowest BCUT2D eigenvalue weighted by atomic mass is 9.80. The predicted octanol–water partition coefficient (Wildman–Crippen LogP) is 4.62. The van der Waals surface area contributed by atoms with Crippen LogP contribution in [-0.2, 0) is 22.4 Å². The lowest BCUT2D eigenvalue weighted by Crippen LogP contribution is -2.42. The summed E-state index contributed by atoms with van der Waals surface area (Å²) < 4.78 is 38.7. The number of fused-ring (bicyclic) bond motifs is 1. The summed E-state index contributed by atoms with van der Waals surface area (Å²) in [5.74, 6) is -1.85. The Kier molecular flexibility index (Phi) is 6.97. The number of hydrogen-bond donors (Lipinski definition) is 2. The van der Waals surface area contributed by atoms with Gasteiger partial charge in [-0.2, -0.15) is 0 Å². The van der Waals surface area contributed by atoms with Gasteiger partial charge in [0.15, 0.2) is 6.61 Å². The van der Waals surface area contributed by atoms with Gasteiger partial charge in [-0.15, -0.1) is 0 Å². The molecule has 3 aromatic rings. The smallest absolute Gasteiger partial charge is 0.419 e. The molecule has 0 heterocycles. The van der Waals surface area contributed by atoms with E-state index in [1.807, 2.05) is 0 Å². The third-order valence-electron chi connectivity index (χ3n) is 5.77. The highest BCUT2D eigenvalue weighted by molar-refractivity contribution is 5.96. The molecule has 0 saturated carbocycles. The van der Waals surface area contributed by atoms with Crippen molar-refractivity contribution in [2.75, 3.05) is 18.1 Å². The quantitative estimate of drug-likeness (QED) is 0.509. The molecule has 9 heteroatoms. The van der Waals surface area contributed by atoms with E-state index >= 15 is 0 Å². The lowest BCUT2D eigenvalue weighted by Gasteiger charge is -2.34. The van der Waals surface area contributed by atoms with E-state index in [9.17, 15) is 23.5 Å². The summed E-state index contributed by atoms with van der Waals surface area (Å²) in [7, 11) is 0. The third-order valence-corrected chi connectivity index (χ3v) is 5.77. The number of halogens is 2. The number of carbonyl (C=O) groups excluding carboxylic acids is 1. The molecule has 1 amide bonds. The standard InChI is InChI=1S/C26H23F2NO6/c27-18-8-10-19(11-9-18)29(22-6-2-1-5-21(22)28)25(32)35-16-26(33)13-12-20-17(14-26)4-3-7-23(20)34-15-24(30)31/h1-11,33H,12-16H2,(H,30,31)/t26-/m1/s1. The highest BCUT2D eigenvalue weighted by Crippen LogP contribution is 2.35. The van der Waals surface area contributed by atoms with Crippen molar-refractivity contribution in [2.24, 2.45) is 0 Å². The number of carbonyl (C=O) groups is 2. The molecular weight excluding hydrogens is 460 g/mol.